The smallest absolute Gasteiger partial charge is 0.339 e. The SMILES string of the molecule is COC(C)=C(C(=O)O)c1ccc(Cl)cc1CBr. The fraction of sp³-hybridized carbons (Fsp3) is 0.250. The topological polar surface area (TPSA) is 46.5 Å². The first kappa shape index (κ1) is 14.1. The molecule has 17 heavy (non-hydrogen) atoms. The number of hydrogen-bond acceptors (Lipinski definition) is 2. The van der Waals surface area contributed by atoms with Gasteiger partial charge in [-0.2, -0.15) is 0 Å². The van der Waals surface area contributed by atoms with E-state index in [1.54, 1.807) is 25.1 Å². The second-order valence-corrected chi connectivity index (χ2v) is 4.37. The number of benzene rings is 1. The zero-order valence-corrected chi connectivity index (χ0v) is 11.8. The second kappa shape index (κ2) is 6.07. The maximum absolute atomic E-state index is 11.3. The van der Waals surface area contributed by atoms with Crippen LogP contribution in [0.25, 0.3) is 5.57 Å². The number of carbonyl (C=O) groups is 1. The standard InChI is InChI=1S/C12H12BrClO3/c1-7(17-2)11(12(15)16)10-4-3-9(14)5-8(10)6-13/h3-5H,6H2,1-2H3,(H,15,16). The Kier molecular flexibility index (Phi) is 5.02. The highest BCUT2D eigenvalue weighted by Gasteiger charge is 2.18. The number of ether oxygens (including phenoxy) is 1. The summed E-state index contributed by atoms with van der Waals surface area (Å²) < 4.78 is 5.01. The number of methoxy groups -OCH3 is 1. The highest BCUT2D eigenvalue weighted by molar-refractivity contribution is 9.08. The summed E-state index contributed by atoms with van der Waals surface area (Å²) >= 11 is 9.19. The average Bonchev–Trinajstić information content (AvgIpc) is 2.30. The molecular formula is C12H12BrClO3. The third kappa shape index (κ3) is 3.23. The van der Waals surface area contributed by atoms with Crippen LogP contribution in [0.1, 0.15) is 18.1 Å². The quantitative estimate of drug-likeness (QED) is 0.523. The van der Waals surface area contributed by atoms with Crippen LogP contribution in [0.4, 0.5) is 0 Å². The molecule has 0 aliphatic heterocycles. The van der Waals surface area contributed by atoms with Crippen molar-refractivity contribution in [3.8, 4) is 0 Å². The summed E-state index contributed by atoms with van der Waals surface area (Å²) in [6.45, 7) is 1.62. The lowest BCUT2D eigenvalue weighted by molar-refractivity contribution is -0.130. The van der Waals surface area contributed by atoms with E-state index >= 15 is 0 Å². The van der Waals surface area contributed by atoms with Gasteiger partial charge in [0.15, 0.2) is 0 Å². The maximum atomic E-state index is 11.3. The Morgan fingerprint density at radius 1 is 1.53 bits per heavy atom. The number of hydrogen-bond donors (Lipinski definition) is 1. The molecule has 92 valence electrons. The maximum Gasteiger partial charge on any atom is 0.339 e. The number of aliphatic carboxylic acids is 1. The van der Waals surface area contributed by atoms with Crippen LogP contribution in [0.15, 0.2) is 24.0 Å². The van der Waals surface area contributed by atoms with Crippen molar-refractivity contribution in [2.75, 3.05) is 7.11 Å². The predicted octanol–water partition coefficient (Wildman–Crippen LogP) is 3.70. The third-order valence-electron chi connectivity index (χ3n) is 2.35. The molecule has 1 N–H and O–H groups in total. The van der Waals surface area contributed by atoms with Crippen molar-refractivity contribution in [2.45, 2.75) is 12.3 Å². The predicted molar refractivity (Wildman–Crippen MR) is 71.3 cm³/mol. The first-order valence-electron chi connectivity index (χ1n) is 4.84. The Hall–Kier alpha value is -1.000. The van der Waals surface area contributed by atoms with E-state index in [0.717, 1.165) is 5.56 Å². The van der Waals surface area contributed by atoms with Gasteiger partial charge in [0.05, 0.1) is 7.11 Å². The molecule has 1 aromatic carbocycles. The Balaban J connectivity index is 3.44. The number of rotatable bonds is 4. The van der Waals surface area contributed by atoms with Gasteiger partial charge in [0, 0.05) is 10.4 Å². The van der Waals surface area contributed by atoms with E-state index in [2.05, 4.69) is 15.9 Å². The van der Waals surface area contributed by atoms with Gasteiger partial charge in [-0.15, -0.1) is 0 Å². The van der Waals surface area contributed by atoms with E-state index in [9.17, 15) is 9.90 Å². The normalized spacial score (nSPS) is 12.0. The number of carboxylic acids is 1. The number of halogens is 2. The minimum Gasteiger partial charge on any atom is -0.500 e. The van der Waals surface area contributed by atoms with E-state index in [1.807, 2.05) is 0 Å². The van der Waals surface area contributed by atoms with Crippen LogP contribution in [-0.4, -0.2) is 18.2 Å². The largest absolute Gasteiger partial charge is 0.500 e. The van der Waals surface area contributed by atoms with Gasteiger partial charge in [0.2, 0.25) is 0 Å². The number of alkyl halides is 1. The molecule has 0 aliphatic carbocycles. The summed E-state index contributed by atoms with van der Waals surface area (Å²) in [6, 6.07) is 5.08. The Morgan fingerprint density at radius 3 is 2.65 bits per heavy atom. The molecule has 0 heterocycles. The van der Waals surface area contributed by atoms with Crippen LogP contribution in [-0.2, 0) is 14.9 Å². The number of carboxylic acid groups (broad SMARTS) is 1. The summed E-state index contributed by atoms with van der Waals surface area (Å²) in [5.74, 6) is -0.657. The molecule has 0 aromatic heterocycles. The van der Waals surface area contributed by atoms with Crippen LogP contribution in [0.2, 0.25) is 5.02 Å². The van der Waals surface area contributed by atoms with Crippen LogP contribution >= 0.6 is 27.5 Å². The molecule has 0 spiro atoms. The summed E-state index contributed by atoms with van der Waals surface area (Å²) in [6.07, 6.45) is 0. The molecule has 0 fully saturated rings. The van der Waals surface area contributed by atoms with E-state index < -0.39 is 5.97 Å². The van der Waals surface area contributed by atoms with Crippen LogP contribution in [0.5, 0.6) is 0 Å². The van der Waals surface area contributed by atoms with Gasteiger partial charge >= 0.3 is 5.97 Å². The van der Waals surface area contributed by atoms with Crippen molar-refractivity contribution in [1.82, 2.24) is 0 Å². The molecule has 1 rings (SSSR count). The molecule has 0 atom stereocenters. The molecule has 0 radical (unpaired) electrons. The van der Waals surface area contributed by atoms with Crippen molar-refractivity contribution < 1.29 is 14.6 Å². The van der Waals surface area contributed by atoms with E-state index in [4.69, 9.17) is 16.3 Å². The van der Waals surface area contributed by atoms with Gasteiger partial charge in [0.25, 0.3) is 0 Å². The Labute approximate surface area is 113 Å². The number of allylic oxidation sites excluding steroid dienone is 1. The lowest BCUT2D eigenvalue weighted by Gasteiger charge is -2.11. The van der Waals surface area contributed by atoms with Crippen LogP contribution < -0.4 is 0 Å². The molecule has 0 saturated heterocycles. The molecule has 1 aromatic rings. The lowest BCUT2D eigenvalue weighted by atomic mass is 10.00. The molecule has 3 nitrogen and oxygen atoms in total. The fourth-order valence-corrected chi connectivity index (χ4v) is 2.13. The highest BCUT2D eigenvalue weighted by atomic mass is 79.9. The molecule has 0 bridgehead atoms. The summed E-state index contributed by atoms with van der Waals surface area (Å²) in [7, 11) is 1.45. The Bertz CT molecular complexity index is 469. The van der Waals surface area contributed by atoms with Crippen molar-refractivity contribution in [2.24, 2.45) is 0 Å². The van der Waals surface area contributed by atoms with E-state index in [0.29, 0.717) is 21.7 Å². The summed E-state index contributed by atoms with van der Waals surface area (Å²) in [4.78, 5) is 11.3. The highest BCUT2D eigenvalue weighted by Crippen LogP contribution is 2.27. The minimum atomic E-state index is -1.02. The minimum absolute atomic E-state index is 0.151. The van der Waals surface area contributed by atoms with Gasteiger partial charge in [-0.3, -0.25) is 0 Å². The molecule has 0 unspecified atom stereocenters. The lowest BCUT2D eigenvalue weighted by Crippen LogP contribution is -2.06. The van der Waals surface area contributed by atoms with Crippen molar-refractivity contribution in [3.63, 3.8) is 0 Å². The van der Waals surface area contributed by atoms with E-state index in [-0.39, 0.29) is 5.57 Å². The van der Waals surface area contributed by atoms with Crippen molar-refractivity contribution >= 4 is 39.1 Å². The first-order valence-corrected chi connectivity index (χ1v) is 6.34. The monoisotopic (exact) mass is 318 g/mol. The summed E-state index contributed by atoms with van der Waals surface area (Å²) in [5.41, 5.74) is 1.57. The van der Waals surface area contributed by atoms with Crippen LogP contribution in [0, 0.1) is 0 Å². The van der Waals surface area contributed by atoms with Gasteiger partial charge in [0.1, 0.15) is 11.3 Å². The second-order valence-electron chi connectivity index (χ2n) is 3.38. The van der Waals surface area contributed by atoms with Gasteiger partial charge < -0.3 is 9.84 Å². The van der Waals surface area contributed by atoms with Crippen molar-refractivity contribution in [1.29, 1.82) is 0 Å². The molecule has 0 aliphatic rings. The van der Waals surface area contributed by atoms with Crippen LogP contribution in [0.3, 0.4) is 0 Å². The fourth-order valence-electron chi connectivity index (χ4n) is 1.47. The molecule has 0 amide bonds. The summed E-state index contributed by atoms with van der Waals surface area (Å²) in [5, 5.41) is 10.3. The van der Waals surface area contributed by atoms with E-state index in [1.165, 1.54) is 7.11 Å². The van der Waals surface area contributed by atoms with Gasteiger partial charge in [-0.1, -0.05) is 33.6 Å². The van der Waals surface area contributed by atoms with Crippen molar-refractivity contribution in [3.05, 3.63) is 40.1 Å². The molecule has 5 heteroatoms. The zero-order valence-electron chi connectivity index (χ0n) is 9.46. The Morgan fingerprint density at radius 2 is 2.18 bits per heavy atom. The van der Waals surface area contributed by atoms with Gasteiger partial charge in [-0.05, 0) is 30.2 Å². The molecule has 0 saturated carbocycles. The average molecular weight is 320 g/mol. The molecular weight excluding hydrogens is 307 g/mol. The van der Waals surface area contributed by atoms with Gasteiger partial charge in [-0.25, -0.2) is 4.79 Å². The zero-order chi connectivity index (χ0) is 13.0. The first-order chi connectivity index (χ1) is 8.01. The third-order valence-corrected chi connectivity index (χ3v) is 3.19.